The number of aryl methyl sites for hydroxylation is 1. The fourth-order valence-corrected chi connectivity index (χ4v) is 2.79. The Kier molecular flexibility index (Phi) is 5.37. The maximum atomic E-state index is 12.6. The average Bonchev–Trinajstić information content (AvgIpc) is 2.50. The summed E-state index contributed by atoms with van der Waals surface area (Å²) in [4.78, 5) is 26.3. The van der Waals surface area contributed by atoms with Crippen molar-refractivity contribution in [2.75, 3.05) is 13.2 Å². The van der Waals surface area contributed by atoms with Crippen LogP contribution in [0.15, 0.2) is 24.3 Å². The molecular weight excluding hydrogens is 266 g/mol. The lowest BCUT2D eigenvalue weighted by atomic mass is 9.99. The first-order valence-corrected chi connectivity index (χ1v) is 7.64. The number of benzene rings is 1. The second-order valence-electron chi connectivity index (χ2n) is 5.45. The zero-order valence-electron chi connectivity index (χ0n) is 12.8. The van der Waals surface area contributed by atoms with Gasteiger partial charge in [0.2, 0.25) is 5.91 Å². The van der Waals surface area contributed by atoms with Crippen LogP contribution in [0.2, 0.25) is 0 Å². The highest BCUT2D eigenvalue weighted by Gasteiger charge is 2.32. The van der Waals surface area contributed by atoms with Crippen LogP contribution in [-0.4, -0.2) is 36.0 Å². The third-order valence-electron chi connectivity index (χ3n) is 3.98. The van der Waals surface area contributed by atoms with Crippen LogP contribution in [0.4, 0.5) is 0 Å². The number of likely N-dealkylation sites (tertiary alicyclic amines) is 1. The first kappa shape index (κ1) is 15.5. The molecule has 1 aliphatic rings. The molecule has 1 saturated heterocycles. The van der Waals surface area contributed by atoms with Gasteiger partial charge in [-0.1, -0.05) is 24.3 Å². The van der Waals surface area contributed by atoms with Crippen molar-refractivity contribution in [3.05, 3.63) is 35.4 Å². The lowest BCUT2D eigenvalue weighted by Crippen LogP contribution is -2.49. The zero-order valence-corrected chi connectivity index (χ0v) is 12.8. The molecule has 4 nitrogen and oxygen atoms in total. The number of hydrogen-bond donors (Lipinski definition) is 0. The van der Waals surface area contributed by atoms with Gasteiger partial charge in [0.1, 0.15) is 6.04 Å². The zero-order chi connectivity index (χ0) is 15.2. The highest BCUT2D eigenvalue weighted by molar-refractivity contribution is 5.86. The minimum absolute atomic E-state index is 0.0158. The van der Waals surface area contributed by atoms with Crippen molar-refractivity contribution < 1.29 is 14.3 Å². The Bertz CT molecular complexity index is 513. The van der Waals surface area contributed by atoms with Crippen LogP contribution in [0.25, 0.3) is 0 Å². The summed E-state index contributed by atoms with van der Waals surface area (Å²) in [5.41, 5.74) is 2.13. The highest BCUT2D eigenvalue weighted by atomic mass is 16.5. The predicted octanol–water partition coefficient (Wildman–Crippen LogP) is 2.48. The molecule has 1 atom stereocenters. The van der Waals surface area contributed by atoms with Crippen LogP contribution in [0.1, 0.15) is 37.3 Å². The standard InChI is InChI=1S/C17H23NO3/c1-3-21-17(20)15-10-6-7-11-18(15)16(19)12-14-9-5-4-8-13(14)2/h4-5,8-9,15H,3,6-7,10-12H2,1-2H3. The molecule has 0 bridgehead atoms. The Morgan fingerprint density at radius 3 is 2.76 bits per heavy atom. The molecule has 4 heteroatoms. The summed E-state index contributed by atoms with van der Waals surface area (Å²) >= 11 is 0. The number of amides is 1. The van der Waals surface area contributed by atoms with Crippen LogP contribution in [-0.2, 0) is 20.7 Å². The molecule has 1 fully saturated rings. The van der Waals surface area contributed by atoms with E-state index in [1.54, 1.807) is 11.8 Å². The quantitative estimate of drug-likeness (QED) is 0.800. The smallest absolute Gasteiger partial charge is 0.328 e. The molecule has 0 N–H and O–H groups in total. The van der Waals surface area contributed by atoms with Crippen molar-refractivity contribution in [3.63, 3.8) is 0 Å². The van der Waals surface area contributed by atoms with E-state index in [1.165, 1.54) is 0 Å². The average molecular weight is 289 g/mol. The van der Waals surface area contributed by atoms with Gasteiger partial charge in [0.25, 0.3) is 0 Å². The number of carbonyl (C=O) groups excluding carboxylic acids is 2. The normalized spacial score (nSPS) is 18.4. The summed E-state index contributed by atoms with van der Waals surface area (Å²) in [6.45, 7) is 4.80. The van der Waals surface area contributed by atoms with Gasteiger partial charge in [0.15, 0.2) is 0 Å². The highest BCUT2D eigenvalue weighted by Crippen LogP contribution is 2.20. The molecule has 1 aromatic carbocycles. The number of hydrogen-bond acceptors (Lipinski definition) is 3. The second kappa shape index (κ2) is 7.25. The van der Waals surface area contributed by atoms with E-state index in [9.17, 15) is 9.59 Å². The van der Waals surface area contributed by atoms with Gasteiger partial charge in [-0.05, 0) is 44.2 Å². The van der Waals surface area contributed by atoms with Gasteiger partial charge in [0.05, 0.1) is 13.0 Å². The van der Waals surface area contributed by atoms with Gasteiger partial charge < -0.3 is 9.64 Å². The van der Waals surface area contributed by atoms with Crippen molar-refractivity contribution in [3.8, 4) is 0 Å². The van der Waals surface area contributed by atoms with E-state index < -0.39 is 6.04 Å². The van der Waals surface area contributed by atoms with Gasteiger partial charge in [-0.15, -0.1) is 0 Å². The Morgan fingerprint density at radius 2 is 2.05 bits per heavy atom. The molecule has 0 aromatic heterocycles. The molecule has 1 aromatic rings. The van der Waals surface area contributed by atoms with E-state index in [0.717, 1.165) is 24.0 Å². The van der Waals surface area contributed by atoms with Crippen LogP contribution in [0.3, 0.4) is 0 Å². The SMILES string of the molecule is CCOC(=O)C1CCCCN1C(=O)Cc1ccccc1C. The maximum absolute atomic E-state index is 12.6. The van der Waals surface area contributed by atoms with Crippen molar-refractivity contribution in [1.29, 1.82) is 0 Å². The number of nitrogens with zero attached hydrogens (tertiary/aromatic N) is 1. The predicted molar refractivity (Wildman–Crippen MR) is 80.9 cm³/mol. The number of piperidine rings is 1. The minimum Gasteiger partial charge on any atom is -0.464 e. The summed E-state index contributed by atoms with van der Waals surface area (Å²) in [5, 5.41) is 0. The van der Waals surface area contributed by atoms with E-state index in [4.69, 9.17) is 4.74 Å². The van der Waals surface area contributed by atoms with Gasteiger partial charge in [-0.25, -0.2) is 4.79 Å². The third-order valence-corrected chi connectivity index (χ3v) is 3.98. The lowest BCUT2D eigenvalue weighted by Gasteiger charge is -2.34. The Labute approximate surface area is 126 Å². The topological polar surface area (TPSA) is 46.6 Å². The number of esters is 1. The molecule has 1 amide bonds. The molecule has 0 spiro atoms. The van der Waals surface area contributed by atoms with Crippen LogP contribution in [0, 0.1) is 6.92 Å². The third kappa shape index (κ3) is 3.84. The van der Waals surface area contributed by atoms with E-state index in [0.29, 0.717) is 26.0 Å². The summed E-state index contributed by atoms with van der Waals surface area (Å²) in [6, 6.07) is 7.47. The second-order valence-corrected chi connectivity index (χ2v) is 5.45. The van der Waals surface area contributed by atoms with Crippen molar-refractivity contribution in [1.82, 2.24) is 4.90 Å². The first-order valence-electron chi connectivity index (χ1n) is 7.64. The first-order chi connectivity index (χ1) is 10.1. The summed E-state index contributed by atoms with van der Waals surface area (Å²) in [6.07, 6.45) is 2.98. The molecule has 1 aliphatic heterocycles. The Morgan fingerprint density at radius 1 is 1.29 bits per heavy atom. The van der Waals surface area contributed by atoms with E-state index in [-0.39, 0.29) is 11.9 Å². The van der Waals surface area contributed by atoms with Crippen molar-refractivity contribution in [2.45, 2.75) is 45.6 Å². The summed E-state index contributed by atoms with van der Waals surface area (Å²) in [7, 11) is 0. The van der Waals surface area contributed by atoms with Gasteiger partial charge >= 0.3 is 5.97 Å². The molecular formula is C17H23NO3. The molecule has 114 valence electrons. The Balaban J connectivity index is 2.08. The van der Waals surface area contributed by atoms with Gasteiger partial charge in [-0.3, -0.25) is 4.79 Å². The monoisotopic (exact) mass is 289 g/mol. The van der Waals surface area contributed by atoms with Gasteiger partial charge in [0, 0.05) is 6.54 Å². The van der Waals surface area contributed by atoms with Gasteiger partial charge in [-0.2, -0.15) is 0 Å². The fourth-order valence-electron chi connectivity index (χ4n) is 2.79. The summed E-state index contributed by atoms with van der Waals surface area (Å²) < 4.78 is 5.10. The lowest BCUT2D eigenvalue weighted by molar-refractivity contribution is -0.156. The molecule has 1 heterocycles. The minimum atomic E-state index is -0.407. The fraction of sp³-hybridized carbons (Fsp3) is 0.529. The van der Waals surface area contributed by atoms with Crippen LogP contribution in [0.5, 0.6) is 0 Å². The number of carbonyl (C=O) groups is 2. The van der Waals surface area contributed by atoms with Crippen LogP contribution < -0.4 is 0 Å². The molecule has 2 rings (SSSR count). The molecule has 1 unspecified atom stereocenters. The molecule has 21 heavy (non-hydrogen) atoms. The molecule has 0 radical (unpaired) electrons. The van der Waals surface area contributed by atoms with E-state index >= 15 is 0 Å². The van der Waals surface area contributed by atoms with Crippen molar-refractivity contribution in [2.24, 2.45) is 0 Å². The molecule has 0 aliphatic carbocycles. The van der Waals surface area contributed by atoms with E-state index in [1.807, 2.05) is 31.2 Å². The largest absolute Gasteiger partial charge is 0.464 e. The maximum Gasteiger partial charge on any atom is 0.328 e. The van der Waals surface area contributed by atoms with E-state index in [2.05, 4.69) is 0 Å². The number of ether oxygens (including phenoxy) is 1. The molecule has 0 saturated carbocycles. The van der Waals surface area contributed by atoms with Crippen LogP contribution >= 0.6 is 0 Å². The number of rotatable bonds is 4. The Hall–Kier alpha value is -1.84. The summed E-state index contributed by atoms with van der Waals surface area (Å²) in [5.74, 6) is -0.252. The van der Waals surface area contributed by atoms with Crippen molar-refractivity contribution >= 4 is 11.9 Å².